The van der Waals surface area contributed by atoms with Gasteiger partial charge in [0.25, 0.3) is 0 Å². The van der Waals surface area contributed by atoms with Crippen LogP contribution >= 0.6 is 0 Å². The monoisotopic (exact) mass is 142 g/mol. The number of carbonyl (C=O) groups excluding carboxylic acids is 1. The molecule has 58 valence electrons. The number of ketones is 1. The van der Waals surface area contributed by atoms with E-state index in [0.29, 0.717) is 0 Å². The molecular weight excluding hydrogens is 128 g/mol. The number of hydrogen-bond donors (Lipinski definition) is 0. The van der Waals surface area contributed by atoms with Crippen LogP contribution in [0.1, 0.15) is 32.6 Å². The zero-order chi connectivity index (χ0) is 7.40. The predicted octanol–water partition coefficient (Wildman–Crippen LogP) is 1.53. The van der Waals surface area contributed by atoms with Crippen LogP contribution in [-0.4, -0.2) is 18.5 Å². The van der Waals surface area contributed by atoms with Gasteiger partial charge in [-0.05, 0) is 12.8 Å². The van der Waals surface area contributed by atoms with Crippen LogP contribution in [0, 0.1) is 0 Å². The van der Waals surface area contributed by atoms with Crippen molar-refractivity contribution in [2.75, 3.05) is 6.61 Å². The summed E-state index contributed by atoms with van der Waals surface area (Å²) in [4.78, 5) is 10.7. The second-order valence-electron chi connectivity index (χ2n) is 2.72. The Morgan fingerprint density at radius 2 is 2.50 bits per heavy atom. The fourth-order valence-corrected chi connectivity index (χ4v) is 0.926. The Morgan fingerprint density at radius 3 is 2.90 bits per heavy atom. The zero-order valence-corrected chi connectivity index (χ0v) is 6.43. The van der Waals surface area contributed by atoms with E-state index in [1.54, 1.807) is 0 Å². The first-order valence-electron chi connectivity index (χ1n) is 3.99. The van der Waals surface area contributed by atoms with E-state index in [-0.39, 0.29) is 11.9 Å². The number of carbonyl (C=O) groups is 1. The summed E-state index contributed by atoms with van der Waals surface area (Å²) in [6, 6.07) is 0. The largest absolute Gasteiger partial charge is 0.370 e. The summed E-state index contributed by atoms with van der Waals surface area (Å²) in [5, 5.41) is 0. The Morgan fingerprint density at radius 1 is 1.70 bits per heavy atom. The average molecular weight is 142 g/mol. The van der Waals surface area contributed by atoms with E-state index < -0.39 is 0 Å². The van der Waals surface area contributed by atoms with Gasteiger partial charge in [-0.1, -0.05) is 13.3 Å². The van der Waals surface area contributed by atoms with E-state index in [2.05, 4.69) is 6.92 Å². The summed E-state index contributed by atoms with van der Waals surface area (Å²) in [7, 11) is 0. The fraction of sp³-hybridized carbons (Fsp3) is 0.875. The molecule has 0 aromatic heterocycles. The Bertz CT molecular complexity index is 120. The number of hydrogen-bond acceptors (Lipinski definition) is 2. The molecule has 1 unspecified atom stereocenters. The van der Waals surface area contributed by atoms with E-state index in [1.807, 2.05) is 0 Å². The van der Waals surface area contributed by atoms with Crippen molar-refractivity contribution >= 4 is 5.78 Å². The van der Waals surface area contributed by atoms with Crippen LogP contribution in [0.25, 0.3) is 0 Å². The third-order valence-corrected chi connectivity index (χ3v) is 1.83. The smallest absolute Gasteiger partial charge is 0.161 e. The van der Waals surface area contributed by atoms with Crippen LogP contribution < -0.4 is 0 Å². The maximum absolute atomic E-state index is 10.7. The van der Waals surface area contributed by atoms with Crippen LogP contribution in [0.5, 0.6) is 0 Å². The first-order chi connectivity index (χ1) is 4.84. The number of unbranched alkanes of at least 4 members (excludes halogenated alkanes) is 1. The lowest BCUT2D eigenvalue weighted by Gasteiger charge is -2.23. The molecular formula is C8H14O2. The van der Waals surface area contributed by atoms with Crippen LogP contribution in [-0.2, 0) is 9.53 Å². The quantitative estimate of drug-likeness (QED) is 0.556. The highest BCUT2D eigenvalue weighted by Gasteiger charge is 2.28. The standard InChI is InChI=1S/C8H14O2/c1-2-3-6-10-8-5-4-7(8)9/h8H,2-6H2,1H3. The van der Waals surface area contributed by atoms with Gasteiger partial charge in [-0.2, -0.15) is 0 Å². The molecule has 0 spiro atoms. The minimum Gasteiger partial charge on any atom is -0.370 e. The summed E-state index contributed by atoms with van der Waals surface area (Å²) >= 11 is 0. The molecule has 1 saturated carbocycles. The van der Waals surface area contributed by atoms with Crippen molar-refractivity contribution in [1.29, 1.82) is 0 Å². The average Bonchev–Trinajstić information content (AvgIpc) is 1.95. The molecule has 0 aromatic carbocycles. The number of ether oxygens (including phenoxy) is 1. The van der Waals surface area contributed by atoms with Crippen molar-refractivity contribution < 1.29 is 9.53 Å². The van der Waals surface area contributed by atoms with Crippen molar-refractivity contribution in [3.63, 3.8) is 0 Å². The molecule has 1 atom stereocenters. The molecule has 10 heavy (non-hydrogen) atoms. The number of rotatable bonds is 4. The van der Waals surface area contributed by atoms with Crippen LogP contribution in [0.15, 0.2) is 0 Å². The lowest BCUT2D eigenvalue weighted by molar-refractivity contribution is -0.140. The maximum atomic E-state index is 10.7. The SMILES string of the molecule is CCCCOC1CCC1=O. The highest BCUT2D eigenvalue weighted by Crippen LogP contribution is 2.17. The Hall–Kier alpha value is -0.370. The third kappa shape index (κ3) is 1.81. The lowest BCUT2D eigenvalue weighted by atomic mass is 9.94. The molecule has 2 heteroatoms. The summed E-state index contributed by atoms with van der Waals surface area (Å²) in [5.41, 5.74) is 0. The second kappa shape index (κ2) is 3.71. The topological polar surface area (TPSA) is 26.3 Å². The molecule has 0 radical (unpaired) electrons. The van der Waals surface area contributed by atoms with E-state index in [4.69, 9.17) is 4.74 Å². The van der Waals surface area contributed by atoms with Gasteiger partial charge in [0.05, 0.1) is 0 Å². The van der Waals surface area contributed by atoms with Gasteiger partial charge < -0.3 is 4.74 Å². The first kappa shape index (κ1) is 7.73. The van der Waals surface area contributed by atoms with Gasteiger partial charge in [-0.3, -0.25) is 4.79 Å². The lowest BCUT2D eigenvalue weighted by Crippen LogP contribution is -2.34. The molecule has 0 aromatic rings. The highest BCUT2D eigenvalue weighted by molar-refractivity contribution is 5.88. The van der Waals surface area contributed by atoms with Gasteiger partial charge in [-0.25, -0.2) is 0 Å². The Labute approximate surface area is 61.6 Å². The van der Waals surface area contributed by atoms with Gasteiger partial charge in [0.15, 0.2) is 5.78 Å². The minimum absolute atomic E-state index is 0.0356. The van der Waals surface area contributed by atoms with E-state index >= 15 is 0 Å². The third-order valence-electron chi connectivity index (χ3n) is 1.83. The zero-order valence-electron chi connectivity index (χ0n) is 6.43. The van der Waals surface area contributed by atoms with E-state index in [1.165, 1.54) is 0 Å². The van der Waals surface area contributed by atoms with Crippen molar-refractivity contribution in [2.24, 2.45) is 0 Å². The van der Waals surface area contributed by atoms with Gasteiger partial charge in [0.1, 0.15) is 6.10 Å². The first-order valence-corrected chi connectivity index (χ1v) is 3.99. The molecule has 1 aliphatic rings. The summed E-state index contributed by atoms with van der Waals surface area (Å²) < 4.78 is 5.28. The molecule has 0 heterocycles. The van der Waals surface area contributed by atoms with E-state index in [0.717, 1.165) is 32.3 Å². The maximum Gasteiger partial charge on any atom is 0.161 e. The molecule has 0 saturated heterocycles. The van der Waals surface area contributed by atoms with Crippen LogP contribution in [0.4, 0.5) is 0 Å². The molecule has 0 bridgehead atoms. The molecule has 1 aliphatic carbocycles. The number of Topliss-reactive ketones (excluding diaryl/α,β-unsaturated/α-hetero) is 1. The van der Waals surface area contributed by atoms with Gasteiger partial charge in [0, 0.05) is 13.0 Å². The molecule has 2 nitrogen and oxygen atoms in total. The van der Waals surface area contributed by atoms with Gasteiger partial charge in [-0.15, -0.1) is 0 Å². The fourth-order valence-electron chi connectivity index (χ4n) is 0.926. The molecule has 0 N–H and O–H groups in total. The second-order valence-corrected chi connectivity index (χ2v) is 2.72. The summed E-state index contributed by atoms with van der Waals surface area (Å²) in [6.45, 7) is 2.87. The van der Waals surface area contributed by atoms with Crippen LogP contribution in [0.3, 0.4) is 0 Å². The minimum atomic E-state index is -0.0356. The summed E-state index contributed by atoms with van der Waals surface area (Å²) in [5.74, 6) is 0.288. The highest BCUT2D eigenvalue weighted by atomic mass is 16.5. The van der Waals surface area contributed by atoms with Crippen molar-refractivity contribution in [1.82, 2.24) is 0 Å². The predicted molar refractivity (Wildman–Crippen MR) is 38.9 cm³/mol. The van der Waals surface area contributed by atoms with Crippen LogP contribution in [0.2, 0.25) is 0 Å². The van der Waals surface area contributed by atoms with Crippen molar-refractivity contribution in [3.8, 4) is 0 Å². The van der Waals surface area contributed by atoms with Gasteiger partial charge >= 0.3 is 0 Å². The van der Waals surface area contributed by atoms with E-state index in [9.17, 15) is 4.79 Å². The van der Waals surface area contributed by atoms with Crippen molar-refractivity contribution in [3.05, 3.63) is 0 Å². The molecule has 0 amide bonds. The van der Waals surface area contributed by atoms with Gasteiger partial charge in [0.2, 0.25) is 0 Å². The summed E-state index contributed by atoms with van der Waals surface area (Å²) in [6.07, 6.45) is 3.86. The van der Waals surface area contributed by atoms with Crippen molar-refractivity contribution in [2.45, 2.75) is 38.7 Å². The Kier molecular flexibility index (Phi) is 2.87. The Balaban J connectivity index is 1.98. The normalized spacial score (nSPS) is 24.5. The molecule has 1 fully saturated rings. The molecule has 1 rings (SSSR count). The molecule has 0 aliphatic heterocycles.